The number of aryl methyl sites for hydroxylation is 1. The van der Waals surface area contributed by atoms with Crippen LogP contribution in [0.3, 0.4) is 0 Å². The summed E-state index contributed by atoms with van der Waals surface area (Å²) in [7, 11) is 0. The van der Waals surface area contributed by atoms with Crippen molar-refractivity contribution >= 4 is 0 Å². The molecule has 0 saturated heterocycles. The van der Waals surface area contributed by atoms with Gasteiger partial charge in [0.05, 0.1) is 5.56 Å². The van der Waals surface area contributed by atoms with Crippen LogP contribution >= 0.6 is 0 Å². The Morgan fingerprint density at radius 3 is 2.57 bits per heavy atom. The molecule has 0 aliphatic heterocycles. The Kier molecular flexibility index (Phi) is 5.86. The van der Waals surface area contributed by atoms with Crippen molar-refractivity contribution in [1.82, 2.24) is 15.1 Å². The SMILES string of the molecule is CCC(Oc1ccc(-c2noc(C(F)(F)F)n2)c(C)c1)Oc1ncc(C#N)cc1F. The normalized spacial score (nSPS) is 12.3. The fourth-order valence-corrected chi connectivity index (χ4v) is 2.45. The summed E-state index contributed by atoms with van der Waals surface area (Å²) < 4.78 is 67.2. The standard InChI is InChI=1S/C19H14F4N4O3/c1-3-15(29-17-14(20)7-11(8-24)9-25-17)28-12-4-5-13(10(2)6-12)16-26-18(30-27-16)19(21,22)23/h4-7,9,15H,3H2,1-2H3. The third-order valence-corrected chi connectivity index (χ3v) is 3.89. The molecule has 0 saturated carbocycles. The first-order valence-corrected chi connectivity index (χ1v) is 8.62. The van der Waals surface area contributed by atoms with Crippen LogP contribution in [0.1, 0.15) is 30.4 Å². The predicted molar refractivity (Wildman–Crippen MR) is 93.7 cm³/mol. The minimum Gasteiger partial charge on any atom is -0.455 e. The molecule has 7 nitrogen and oxygen atoms in total. The number of halogens is 4. The molecule has 0 N–H and O–H groups in total. The molecule has 11 heteroatoms. The maximum absolute atomic E-state index is 14.0. The van der Waals surface area contributed by atoms with Crippen LogP contribution in [0.4, 0.5) is 17.6 Å². The van der Waals surface area contributed by atoms with Crippen LogP contribution in [0.5, 0.6) is 11.6 Å². The number of nitriles is 1. The number of ether oxygens (including phenoxy) is 2. The molecule has 0 radical (unpaired) electrons. The van der Waals surface area contributed by atoms with Crippen LogP contribution in [0.25, 0.3) is 11.4 Å². The lowest BCUT2D eigenvalue weighted by atomic mass is 10.1. The van der Waals surface area contributed by atoms with Gasteiger partial charge in [0.1, 0.15) is 11.8 Å². The van der Waals surface area contributed by atoms with Crippen molar-refractivity contribution in [3.8, 4) is 29.1 Å². The average Bonchev–Trinajstić information content (AvgIpc) is 3.19. The van der Waals surface area contributed by atoms with Gasteiger partial charge in [0, 0.05) is 18.2 Å². The summed E-state index contributed by atoms with van der Waals surface area (Å²) in [6.07, 6.45) is -4.12. The monoisotopic (exact) mass is 422 g/mol. The van der Waals surface area contributed by atoms with E-state index in [1.807, 2.05) is 0 Å². The van der Waals surface area contributed by atoms with E-state index in [4.69, 9.17) is 14.7 Å². The van der Waals surface area contributed by atoms with E-state index in [0.717, 1.165) is 6.07 Å². The summed E-state index contributed by atoms with van der Waals surface area (Å²) in [5.41, 5.74) is 0.908. The summed E-state index contributed by atoms with van der Waals surface area (Å²) in [5.74, 6) is -2.44. The quantitative estimate of drug-likeness (QED) is 0.421. The smallest absolute Gasteiger partial charge is 0.455 e. The topological polar surface area (TPSA) is 94.1 Å². The number of pyridine rings is 1. The first-order valence-electron chi connectivity index (χ1n) is 8.62. The average molecular weight is 422 g/mol. The van der Waals surface area contributed by atoms with Gasteiger partial charge in [-0.1, -0.05) is 12.1 Å². The molecular formula is C19H14F4N4O3. The first-order chi connectivity index (χ1) is 14.2. The van der Waals surface area contributed by atoms with Crippen molar-refractivity contribution in [2.24, 2.45) is 0 Å². The molecule has 1 aromatic carbocycles. The molecule has 1 atom stereocenters. The molecular weight excluding hydrogens is 408 g/mol. The van der Waals surface area contributed by atoms with E-state index in [2.05, 4.69) is 19.6 Å². The van der Waals surface area contributed by atoms with Crippen LogP contribution < -0.4 is 9.47 Å². The molecule has 0 spiro atoms. The predicted octanol–water partition coefficient (Wildman–Crippen LogP) is 4.66. The van der Waals surface area contributed by atoms with Gasteiger partial charge < -0.3 is 14.0 Å². The van der Waals surface area contributed by atoms with Gasteiger partial charge in [-0.05, 0) is 36.8 Å². The second-order valence-corrected chi connectivity index (χ2v) is 6.09. The highest BCUT2D eigenvalue weighted by Gasteiger charge is 2.38. The molecule has 2 aromatic heterocycles. The molecule has 0 bridgehead atoms. The van der Waals surface area contributed by atoms with E-state index in [-0.39, 0.29) is 17.3 Å². The van der Waals surface area contributed by atoms with Crippen LogP contribution in [-0.2, 0) is 6.18 Å². The zero-order chi connectivity index (χ0) is 21.9. The zero-order valence-electron chi connectivity index (χ0n) is 15.7. The highest BCUT2D eigenvalue weighted by atomic mass is 19.4. The van der Waals surface area contributed by atoms with E-state index < -0.39 is 24.2 Å². The van der Waals surface area contributed by atoms with E-state index >= 15 is 0 Å². The Morgan fingerprint density at radius 2 is 2.00 bits per heavy atom. The Balaban J connectivity index is 1.75. The van der Waals surface area contributed by atoms with Gasteiger partial charge in [-0.15, -0.1) is 0 Å². The van der Waals surface area contributed by atoms with Gasteiger partial charge in [0.25, 0.3) is 5.88 Å². The molecule has 3 rings (SSSR count). The lowest BCUT2D eigenvalue weighted by Gasteiger charge is -2.19. The number of rotatable bonds is 6. The van der Waals surface area contributed by atoms with E-state index in [1.54, 1.807) is 26.0 Å². The maximum Gasteiger partial charge on any atom is 0.471 e. The van der Waals surface area contributed by atoms with Crippen LogP contribution in [0, 0.1) is 24.1 Å². The molecule has 2 heterocycles. The van der Waals surface area contributed by atoms with Crippen molar-refractivity contribution in [2.75, 3.05) is 0 Å². The Morgan fingerprint density at radius 1 is 1.23 bits per heavy atom. The Hall–Kier alpha value is -3.68. The van der Waals surface area contributed by atoms with Crippen LogP contribution in [0.15, 0.2) is 35.0 Å². The molecule has 0 aliphatic carbocycles. The maximum atomic E-state index is 14.0. The van der Waals surface area contributed by atoms with E-state index in [1.165, 1.54) is 18.3 Å². The summed E-state index contributed by atoms with van der Waals surface area (Å²) in [4.78, 5) is 7.11. The molecule has 1 unspecified atom stereocenters. The van der Waals surface area contributed by atoms with Gasteiger partial charge >= 0.3 is 12.1 Å². The number of alkyl halides is 3. The van der Waals surface area contributed by atoms with Gasteiger partial charge in [-0.25, -0.2) is 9.37 Å². The third kappa shape index (κ3) is 4.65. The van der Waals surface area contributed by atoms with Crippen LogP contribution in [0.2, 0.25) is 0 Å². The Bertz CT molecular complexity index is 1090. The van der Waals surface area contributed by atoms with Crippen molar-refractivity contribution < 1.29 is 31.6 Å². The number of hydrogen-bond acceptors (Lipinski definition) is 7. The fourth-order valence-electron chi connectivity index (χ4n) is 2.45. The zero-order valence-corrected chi connectivity index (χ0v) is 15.7. The fraction of sp³-hybridized carbons (Fsp3) is 0.263. The lowest BCUT2D eigenvalue weighted by Crippen LogP contribution is -2.24. The third-order valence-electron chi connectivity index (χ3n) is 3.89. The molecule has 0 fully saturated rings. The van der Waals surface area contributed by atoms with Crippen molar-refractivity contribution in [3.63, 3.8) is 0 Å². The molecule has 0 amide bonds. The van der Waals surface area contributed by atoms with Gasteiger partial charge in [0.15, 0.2) is 5.82 Å². The van der Waals surface area contributed by atoms with Gasteiger partial charge in [0.2, 0.25) is 12.1 Å². The van der Waals surface area contributed by atoms with E-state index in [9.17, 15) is 17.6 Å². The summed E-state index contributed by atoms with van der Waals surface area (Å²) in [6, 6.07) is 7.27. The number of hydrogen-bond donors (Lipinski definition) is 0. The van der Waals surface area contributed by atoms with Crippen molar-refractivity contribution in [3.05, 3.63) is 53.3 Å². The van der Waals surface area contributed by atoms with Crippen molar-refractivity contribution in [2.45, 2.75) is 32.7 Å². The largest absolute Gasteiger partial charge is 0.471 e. The summed E-state index contributed by atoms with van der Waals surface area (Å²) in [5, 5.41) is 12.1. The lowest BCUT2D eigenvalue weighted by molar-refractivity contribution is -0.159. The molecule has 0 aliphatic rings. The van der Waals surface area contributed by atoms with Gasteiger partial charge in [-0.3, -0.25) is 0 Å². The second kappa shape index (κ2) is 8.36. The minimum absolute atomic E-state index is 0.0511. The molecule has 30 heavy (non-hydrogen) atoms. The molecule has 156 valence electrons. The first kappa shape index (κ1) is 21.0. The minimum atomic E-state index is -4.73. The Labute approximate surface area is 167 Å². The summed E-state index contributed by atoms with van der Waals surface area (Å²) >= 11 is 0. The highest BCUT2D eigenvalue weighted by Crippen LogP contribution is 2.31. The van der Waals surface area contributed by atoms with Crippen LogP contribution in [-0.4, -0.2) is 21.4 Å². The van der Waals surface area contributed by atoms with E-state index in [0.29, 0.717) is 23.3 Å². The second-order valence-electron chi connectivity index (χ2n) is 6.09. The van der Waals surface area contributed by atoms with Crippen molar-refractivity contribution in [1.29, 1.82) is 5.26 Å². The number of aromatic nitrogens is 3. The van der Waals surface area contributed by atoms with Gasteiger partial charge in [-0.2, -0.15) is 23.4 Å². The highest BCUT2D eigenvalue weighted by molar-refractivity contribution is 5.61. The number of nitrogens with zero attached hydrogens (tertiary/aromatic N) is 4. The molecule has 3 aromatic rings. The summed E-state index contributed by atoms with van der Waals surface area (Å²) in [6.45, 7) is 3.38. The number of benzene rings is 1.